The van der Waals surface area contributed by atoms with Crippen LogP contribution in [0.2, 0.25) is 0 Å². The third-order valence-corrected chi connectivity index (χ3v) is 5.58. The maximum atomic E-state index is 11.6. The van der Waals surface area contributed by atoms with Gasteiger partial charge in [-0.2, -0.15) is 0 Å². The summed E-state index contributed by atoms with van der Waals surface area (Å²) < 4.78 is 23.2. The number of anilines is 1. The Hall–Kier alpha value is -1.07. The Balaban J connectivity index is 2.06. The summed E-state index contributed by atoms with van der Waals surface area (Å²) in [6.07, 6.45) is 0.692. The Kier molecular flexibility index (Phi) is 5.05. The first-order valence-corrected chi connectivity index (χ1v) is 9.10. The molecule has 0 spiro atoms. The van der Waals surface area contributed by atoms with E-state index in [1.165, 1.54) is 11.3 Å². The number of rotatable bonds is 5. The van der Waals surface area contributed by atoms with Crippen molar-refractivity contribution in [1.29, 1.82) is 0 Å². The Morgan fingerprint density at radius 3 is 2.85 bits per heavy atom. The molecule has 0 fully saturated rings. The van der Waals surface area contributed by atoms with Crippen LogP contribution in [0.5, 0.6) is 0 Å². The molecule has 0 amide bonds. The molecule has 2 rings (SSSR count). The van der Waals surface area contributed by atoms with Crippen molar-refractivity contribution >= 4 is 15.5 Å². The van der Waals surface area contributed by atoms with E-state index in [4.69, 9.17) is 0 Å². The van der Waals surface area contributed by atoms with Gasteiger partial charge < -0.3 is 10.2 Å². The Morgan fingerprint density at radius 2 is 2.10 bits per heavy atom. The lowest BCUT2D eigenvalue weighted by molar-refractivity contribution is 0.550. The molecule has 1 N–H and O–H groups in total. The van der Waals surface area contributed by atoms with Gasteiger partial charge in [0.15, 0.2) is 0 Å². The van der Waals surface area contributed by atoms with Crippen molar-refractivity contribution in [2.24, 2.45) is 0 Å². The van der Waals surface area contributed by atoms with Crippen molar-refractivity contribution in [3.05, 3.63) is 29.8 Å². The number of hydrogen-bond acceptors (Lipinski definition) is 4. The molecule has 0 saturated carbocycles. The zero-order valence-electron chi connectivity index (χ0n) is 12.3. The first-order valence-electron chi connectivity index (χ1n) is 7.28. The topological polar surface area (TPSA) is 49.4 Å². The van der Waals surface area contributed by atoms with Gasteiger partial charge in [0.05, 0.1) is 5.75 Å². The van der Waals surface area contributed by atoms with Crippen molar-refractivity contribution in [3.8, 4) is 0 Å². The van der Waals surface area contributed by atoms with E-state index in [9.17, 15) is 8.42 Å². The molecule has 112 valence electrons. The molecule has 1 atom stereocenters. The van der Waals surface area contributed by atoms with E-state index in [-0.39, 0.29) is 11.5 Å². The van der Waals surface area contributed by atoms with Crippen LogP contribution >= 0.6 is 0 Å². The van der Waals surface area contributed by atoms with Gasteiger partial charge in [0.2, 0.25) is 0 Å². The minimum atomic E-state index is -2.86. The van der Waals surface area contributed by atoms with Gasteiger partial charge >= 0.3 is 0 Å². The maximum Gasteiger partial charge on any atom is 0.150 e. The molecule has 20 heavy (non-hydrogen) atoms. The molecular weight excluding hydrogens is 272 g/mol. The number of benzene rings is 1. The van der Waals surface area contributed by atoms with Crippen LogP contribution in [0.25, 0.3) is 0 Å². The van der Waals surface area contributed by atoms with Crippen LogP contribution in [0.15, 0.2) is 24.3 Å². The zero-order valence-corrected chi connectivity index (χ0v) is 13.1. The van der Waals surface area contributed by atoms with Crippen LogP contribution in [0, 0.1) is 0 Å². The van der Waals surface area contributed by atoms with Crippen LogP contribution in [0.4, 0.5) is 5.69 Å². The minimum Gasteiger partial charge on any atom is -0.370 e. The summed E-state index contributed by atoms with van der Waals surface area (Å²) in [7, 11) is -2.86. The number of para-hydroxylation sites is 1. The molecule has 1 heterocycles. The first kappa shape index (κ1) is 15.3. The van der Waals surface area contributed by atoms with Gasteiger partial charge in [0.25, 0.3) is 0 Å². The molecule has 1 aromatic rings. The molecule has 5 heteroatoms. The number of nitrogens with one attached hydrogen (secondary N) is 1. The van der Waals surface area contributed by atoms with Crippen molar-refractivity contribution in [3.63, 3.8) is 0 Å². The molecular formula is C15H24N2O2S. The molecule has 1 aromatic carbocycles. The first-order chi connectivity index (χ1) is 9.52. The van der Waals surface area contributed by atoms with Gasteiger partial charge in [-0.1, -0.05) is 25.1 Å². The number of sulfone groups is 1. The van der Waals surface area contributed by atoms with Crippen LogP contribution in [-0.4, -0.2) is 39.1 Å². The highest BCUT2D eigenvalue weighted by atomic mass is 32.2. The predicted molar refractivity (Wildman–Crippen MR) is 83.9 cm³/mol. The SMILES string of the molecule is CCS(=O)(=O)CCCN1CC(C)NCc2ccccc21. The van der Waals surface area contributed by atoms with Crippen LogP contribution < -0.4 is 10.2 Å². The molecule has 0 saturated heterocycles. The molecule has 1 aliphatic heterocycles. The smallest absolute Gasteiger partial charge is 0.150 e. The van der Waals surface area contributed by atoms with Gasteiger partial charge in [-0.05, 0) is 25.0 Å². The summed E-state index contributed by atoms with van der Waals surface area (Å²) >= 11 is 0. The molecule has 0 aliphatic carbocycles. The summed E-state index contributed by atoms with van der Waals surface area (Å²) in [6, 6.07) is 8.77. The fourth-order valence-corrected chi connectivity index (χ4v) is 3.44. The van der Waals surface area contributed by atoms with Gasteiger partial charge in [0, 0.05) is 37.1 Å². The fraction of sp³-hybridized carbons (Fsp3) is 0.600. The average molecular weight is 296 g/mol. The molecule has 0 radical (unpaired) electrons. The highest BCUT2D eigenvalue weighted by molar-refractivity contribution is 7.91. The summed E-state index contributed by atoms with van der Waals surface area (Å²) in [5, 5.41) is 3.49. The summed E-state index contributed by atoms with van der Waals surface area (Å²) in [5.74, 6) is 0.519. The van der Waals surface area contributed by atoms with E-state index in [2.05, 4.69) is 35.3 Å². The Morgan fingerprint density at radius 1 is 1.35 bits per heavy atom. The second-order valence-corrected chi connectivity index (χ2v) is 7.92. The van der Waals surface area contributed by atoms with E-state index in [0.717, 1.165) is 19.6 Å². The van der Waals surface area contributed by atoms with Crippen molar-refractivity contribution in [1.82, 2.24) is 5.32 Å². The summed E-state index contributed by atoms with van der Waals surface area (Å²) in [6.45, 7) is 6.47. The van der Waals surface area contributed by atoms with Crippen molar-refractivity contribution < 1.29 is 8.42 Å². The monoisotopic (exact) mass is 296 g/mol. The van der Waals surface area contributed by atoms with Crippen molar-refractivity contribution in [2.75, 3.05) is 29.5 Å². The molecule has 4 nitrogen and oxygen atoms in total. The number of fused-ring (bicyclic) bond motifs is 1. The average Bonchev–Trinajstić information content (AvgIpc) is 2.59. The molecule has 0 aromatic heterocycles. The second kappa shape index (κ2) is 6.59. The zero-order chi connectivity index (χ0) is 14.6. The fourth-order valence-electron chi connectivity index (χ4n) is 2.58. The van der Waals surface area contributed by atoms with Crippen molar-refractivity contribution in [2.45, 2.75) is 32.9 Å². The quantitative estimate of drug-likeness (QED) is 0.900. The van der Waals surface area contributed by atoms with E-state index in [1.807, 2.05) is 6.07 Å². The van der Waals surface area contributed by atoms with E-state index < -0.39 is 9.84 Å². The lowest BCUT2D eigenvalue weighted by atomic mass is 10.1. The van der Waals surface area contributed by atoms with E-state index in [1.54, 1.807) is 6.92 Å². The normalized spacial score (nSPS) is 19.5. The second-order valence-electron chi connectivity index (χ2n) is 5.45. The van der Waals surface area contributed by atoms with Gasteiger partial charge in [-0.3, -0.25) is 0 Å². The Bertz CT molecular complexity index is 543. The largest absolute Gasteiger partial charge is 0.370 e. The highest BCUT2D eigenvalue weighted by Crippen LogP contribution is 2.23. The van der Waals surface area contributed by atoms with E-state index in [0.29, 0.717) is 12.5 Å². The van der Waals surface area contributed by atoms with Crippen LogP contribution in [-0.2, 0) is 16.4 Å². The minimum absolute atomic E-state index is 0.238. The molecule has 0 bridgehead atoms. The highest BCUT2D eigenvalue weighted by Gasteiger charge is 2.18. The lowest BCUT2D eigenvalue weighted by Gasteiger charge is -2.26. The third kappa shape index (κ3) is 3.96. The Labute approximate surface area is 122 Å². The van der Waals surface area contributed by atoms with Crippen LogP contribution in [0.1, 0.15) is 25.8 Å². The van der Waals surface area contributed by atoms with E-state index >= 15 is 0 Å². The standard InChI is InChI=1S/C15H24N2O2S/c1-3-20(18,19)10-6-9-17-12-13(2)16-11-14-7-4-5-8-15(14)17/h4-5,7-8,13,16H,3,6,9-12H2,1-2H3. The van der Waals surface area contributed by atoms with Gasteiger partial charge in [-0.25, -0.2) is 8.42 Å². The number of hydrogen-bond donors (Lipinski definition) is 1. The van der Waals surface area contributed by atoms with Gasteiger partial charge in [0.1, 0.15) is 9.84 Å². The summed E-state index contributed by atoms with van der Waals surface area (Å²) in [4.78, 5) is 2.31. The molecule has 1 unspecified atom stereocenters. The van der Waals surface area contributed by atoms with Gasteiger partial charge in [-0.15, -0.1) is 0 Å². The maximum absolute atomic E-state index is 11.6. The summed E-state index contributed by atoms with van der Waals surface area (Å²) in [5.41, 5.74) is 2.52. The lowest BCUT2D eigenvalue weighted by Crippen LogP contribution is -2.37. The number of nitrogens with zero attached hydrogens (tertiary/aromatic N) is 1. The molecule has 1 aliphatic rings. The predicted octanol–water partition coefficient (Wildman–Crippen LogP) is 1.81. The van der Waals surface area contributed by atoms with Crippen LogP contribution in [0.3, 0.4) is 0 Å². The third-order valence-electron chi connectivity index (χ3n) is 3.79.